The van der Waals surface area contributed by atoms with Crippen LogP contribution in [0, 0.1) is 5.92 Å². The molecule has 78 valence electrons. The van der Waals surface area contributed by atoms with Crippen LogP contribution >= 0.6 is 0 Å². The van der Waals surface area contributed by atoms with Crippen molar-refractivity contribution in [2.24, 2.45) is 5.92 Å². The van der Waals surface area contributed by atoms with Crippen molar-refractivity contribution in [1.82, 2.24) is 10.2 Å². The largest absolute Gasteiger partial charge is 0.481 e. The molecule has 5 heteroatoms. The van der Waals surface area contributed by atoms with Crippen molar-refractivity contribution in [3.05, 3.63) is 0 Å². The van der Waals surface area contributed by atoms with Gasteiger partial charge in [0.1, 0.15) is 0 Å². The van der Waals surface area contributed by atoms with E-state index in [1.54, 1.807) is 0 Å². The van der Waals surface area contributed by atoms with Gasteiger partial charge in [0.2, 0.25) is 5.91 Å². The summed E-state index contributed by atoms with van der Waals surface area (Å²) in [6, 6.07) is 0.445. The summed E-state index contributed by atoms with van der Waals surface area (Å²) in [6.45, 7) is 1.12. The normalized spacial score (nSPS) is 29.4. The molecule has 14 heavy (non-hydrogen) atoms. The first-order chi connectivity index (χ1) is 6.66. The van der Waals surface area contributed by atoms with Crippen LogP contribution in [-0.2, 0) is 9.59 Å². The molecule has 0 radical (unpaired) electrons. The van der Waals surface area contributed by atoms with Crippen molar-refractivity contribution in [3.8, 4) is 0 Å². The number of nitrogens with zero attached hydrogens (tertiary/aromatic N) is 1. The number of carbonyl (C=O) groups excluding carboxylic acids is 1. The number of carboxylic acids is 1. The summed E-state index contributed by atoms with van der Waals surface area (Å²) >= 11 is 0. The topological polar surface area (TPSA) is 69.6 Å². The lowest BCUT2D eigenvalue weighted by atomic mass is 10.1. The van der Waals surface area contributed by atoms with Gasteiger partial charge in [-0.25, -0.2) is 0 Å². The average Bonchev–Trinajstić information content (AvgIpc) is 2.88. The lowest BCUT2D eigenvalue weighted by Crippen LogP contribution is -2.35. The molecule has 0 aromatic heterocycles. The SMILES string of the molecule is O=C1CN(C2CC2)CC(C(=O)O)CN1. The van der Waals surface area contributed by atoms with Crippen LogP contribution in [0.5, 0.6) is 0 Å². The molecule has 1 heterocycles. The predicted molar refractivity (Wildman–Crippen MR) is 48.7 cm³/mol. The highest BCUT2D eigenvalue weighted by molar-refractivity contribution is 5.80. The summed E-state index contributed by atoms with van der Waals surface area (Å²) < 4.78 is 0. The first-order valence-electron chi connectivity index (χ1n) is 4.90. The van der Waals surface area contributed by atoms with Gasteiger partial charge in [0.05, 0.1) is 12.5 Å². The van der Waals surface area contributed by atoms with Crippen LogP contribution in [-0.4, -0.2) is 47.6 Å². The maximum absolute atomic E-state index is 11.2. The average molecular weight is 198 g/mol. The molecule has 1 amide bonds. The van der Waals surface area contributed by atoms with E-state index >= 15 is 0 Å². The van der Waals surface area contributed by atoms with E-state index in [2.05, 4.69) is 5.32 Å². The minimum atomic E-state index is -0.821. The Labute approximate surface area is 82.1 Å². The Morgan fingerprint density at radius 3 is 2.79 bits per heavy atom. The lowest BCUT2D eigenvalue weighted by Gasteiger charge is -2.19. The summed E-state index contributed by atoms with van der Waals surface area (Å²) in [4.78, 5) is 24.1. The second-order valence-corrected chi connectivity index (χ2v) is 4.00. The summed E-state index contributed by atoms with van der Waals surface area (Å²) in [6.07, 6.45) is 2.19. The molecule has 0 aromatic carbocycles. The molecule has 1 aliphatic heterocycles. The standard InChI is InChI=1S/C9H14N2O3/c12-8-5-11(7-1-2-7)4-6(3-10-8)9(13)14/h6-7H,1-5H2,(H,10,12)(H,13,14). The van der Waals surface area contributed by atoms with Crippen molar-refractivity contribution >= 4 is 11.9 Å². The Hall–Kier alpha value is -1.10. The van der Waals surface area contributed by atoms with Gasteiger partial charge in [-0.05, 0) is 12.8 Å². The van der Waals surface area contributed by atoms with Crippen LogP contribution in [0.25, 0.3) is 0 Å². The molecule has 5 nitrogen and oxygen atoms in total. The number of hydrogen-bond acceptors (Lipinski definition) is 3. The van der Waals surface area contributed by atoms with E-state index in [-0.39, 0.29) is 12.5 Å². The molecule has 0 aromatic rings. The number of hydrogen-bond donors (Lipinski definition) is 2. The van der Waals surface area contributed by atoms with E-state index in [1.165, 1.54) is 0 Å². The molecule has 0 spiro atoms. The molecule has 1 atom stereocenters. The second kappa shape index (κ2) is 3.57. The Balaban J connectivity index is 2.02. The molecular weight excluding hydrogens is 184 g/mol. The third-order valence-electron chi connectivity index (χ3n) is 2.76. The molecule has 1 saturated carbocycles. The molecule has 0 bridgehead atoms. The summed E-state index contributed by atoms with van der Waals surface area (Å²) in [5, 5.41) is 11.5. The van der Waals surface area contributed by atoms with Crippen LogP contribution in [0.3, 0.4) is 0 Å². The highest BCUT2D eigenvalue weighted by atomic mass is 16.4. The van der Waals surface area contributed by atoms with Gasteiger partial charge in [-0.15, -0.1) is 0 Å². The highest BCUT2D eigenvalue weighted by Crippen LogP contribution is 2.27. The summed E-state index contributed by atoms with van der Waals surface area (Å²) in [5.41, 5.74) is 0. The van der Waals surface area contributed by atoms with E-state index in [9.17, 15) is 9.59 Å². The van der Waals surface area contributed by atoms with Gasteiger partial charge in [-0.3, -0.25) is 14.5 Å². The monoisotopic (exact) mass is 198 g/mol. The Morgan fingerprint density at radius 2 is 2.21 bits per heavy atom. The summed E-state index contributed by atoms with van der Waals surface area (Å²) in [7, 11) is 0. The third-order valence-corrected chi connectivity index (χ3v) is 2.76. The zero-order valence-corrected chi connectivity index (χ0v) is 7.90. The maximum atomic E-state index is 11.2. The number of amides is 1. The second-order valence-electron chi connectivity index (χ2n) is 4.00. The van der Waals surface area contributed by atoms with Gasteiger partial charge >= 0.3 is 5.97 Å². The number of aliphatic carboxylic acids is 1. The zero-order chi connectivity index (χ0) is 10.1. The van der Waals surface area contributed by atoms with Crippen molar-refractivity contribution in [2.45, 2.75) is 18.9 Å². The van der Waals surface area contributed by atoms with E-state index in [1.807, 2.05) is 4.90 Å². The van der Waals surface area contributed by atoms with Crippen LogP contribution in [0.4, 0.5) is 0 Å². The van der Waals surface area contributed by atoms with E-state index in [4.69, 9.17) is 5.11 Å². The fraction of sp³-hybridized carbons (Fsp3) is 0.778. The fourth-order valence-corrected chi connectivity index (χ4v) is 1.77. The molecule has 2 fully saturated rings. The first-order valence-corrected chi connectivity index (χ1v) is 4.90. The molecule has 1 aliphatic carbocycles. The number of rotatable bonds is 2. The Bertz CT molecular complexity index is 263. The van der Waals surface area contributed by atoms with Crippen LogP contribution < -0.4 is 5.32 Å². The number of nitrogens with one attached hydrogen (secondary N) is 1. The van der Waals surface area contributed by atoms with Gasteiger partial charge in [-0.1, -0.05) is 0 Å². The van der Waals surface area contributed by atoms with Crippen molar-refractivity contribution in [3.63, 3.8) is 0 Å². The maximum Gasteiger partial charge on any atom is 0.309 e. The third kappa shape index (κ3) is 2.04. The number of carbonyl (C=O) groups is 2. The molecule has 2 aliphatic rings. The first kappa shape index (κ1) is 9.45. The highest BCUT2D eigenvalue weighted by Gasteiger charge is 2.35. The van der Waals surface area contributed by atoms with Crippen LogP contribution in [0.2, 0.25) is 0 Å². The van der Waals surface area contributed by atoms with Crippen LogP contribution in [0.15, 0.2) is 0 Å². The van der Waals surface area contributed by atoms with E-state index in [0.717, 1.165) is 12.8 Å². The van der Waals surface area contributed by atoms with E-state index in [0.29, 0.717) is 19.1 Å². The van der Waals surface area contributed by atoms with Crippen LogP contribution in [0.1, 0.15) is 12.8 Å². The summed E-state index contributed by atoms with van der Waals surface area (Å²) in [5.74, 6) is -1.33. The smallest absolute Gasteiger partial charge is 0.309 e. The molecule has 2 N–H and O–H groups in total. The minimum Gasteiger partial charge on any atom is -0.481 e. The van der Waals surface area contributed by atoms with Crippen molar-refractivity contribution in [2.75, 3.05) is 19.6 Å². The van der Waals surface area contributed by atoms with E-state index < -0.39 is 11.9 Å². The Kier molecular flexibility index (Phi) is 2.41. The van der Waals surface area contributed by atoms with Gasteiger partial charge in [0.25, 0.3) is 0 Å². The van der Waals surface area contributed by atoms with Crippen molar-refractivity contribution in [1.29, 1.82) is 0 Å². The fourth-order valence-electron chi connectivity index (χ4n) is 1.77. The van der Waals surface area contributed by atoms with Gasteiger partial charge in [0.15, 0.2) is 0 Å². The number of carboxylic acid groups (broad SMARTS) is 1. The molecule has 1 saturated heterocycles. The Morgan fingerprint density at radius 1 is 1.50 bits per heavy atom. The molecule has 2 rings (SSSR count). The quantitative estimate of drug-likeness (QED) is 0.614. The molecule has 1 unspecified atom stereocenters. The van der Waals surface area contributed by atoms with Crippen molar-refractivity contribution < 1.29 is 14.7 Å². The minimum absolute atomic E-state index is 0.0550. The van der Waals surface area contributed by atoms with Gasteiger partial charge < -0.3 is 10.4 Å². The predicted octanol–water partition coefficient (Wildman–Crippen LogP) is -0.719. The van der Waals surface area contributed by atoms with Gasteiger partial charge in [0, 0.05) is 19.1 Å². The lowest BCUT2D eigenvalue weighted by molar-refractivity contribution is -0.142. The van der Waals surface area contributed by atoms with Gasteiger partial charge in [-0.2, -0.15) is 0 Å². The molecular formula is C9H14N2O3. The zero-order valence-electron chi connectivity index (χ0n) is 7.90.